The lowest BCUT2D eigenvalue weighted by atomic mass is 9.86. The molecule has 0 spiro atoms. The number of nitrogens with zero attached hydrogens (tertiary/aromatic N) is 2. The van der Waals surface area contributed by atoms with Crippen LogP contribution in [0.4, 0.5) is 0 Å². The van der Waals surface area contributed by atoms with Gasteiger partial charge in [-0.3, -0.25) is 9.89 Å². The molecule has 5 nitrogen and oxygen atoms in total. The van der Waals surface area contributed by atoms with Gasteiger partial charge in [-0.25, -0.2) is 0 Å². The number of H-pyrrole nitrogens is 1. The van der Waals surface area contributed by atoms with Crippen molar-refractivity contribution in [3.63, 3.8) is 0 Å². The fourth-order valence-corrected chi connectivity index (χ4v) is 4.26. The molecule has 4 heterocycles. The molecule has 3 fully saturated rings. The highest BCUT2D eigenvalue weighted by Gasteiger charge is 2.44. The summed E-state index contributed by atoms with van der Waals surface area (Å²) in [6.45, 7) is 1.78. The lowest BCUT2D eigenvalue weighted by Crippen LogP contribution is -2.45. The van der Waals surface area contributed by atoms with Crippen LogP contribution in [-0.4, -0.2) is 46.2 Å². The van der Waals surface area contributed by atoms with Gasteiger partial charge in [0, 0.05) is 43.0 Å². The maximum absolute atomic E-state index is 12.8. The normalized spacial score (nSPS) is 36.5. The Morgan fingerprint density at radius 3 is 3.00 bits per heavy atom. The van der Waals surface area contributed by atoms with E-state index in [1.807, 2.05) is 6.07 Å². The topological polar surface area (TPSA) is 61.0 Å². The van der Waals surface area contributed by atoms with E-state index in [0.717, 1.165) is 32.4 Å². The van der Waals surface area contributed by atoms with Crippen molar-refractivity contribution in [2.24, 2.45) is 5.92 Å². The number of carbonyl (C=O) groups is 1. The minimum absolute atomic E-state index is 0.231. The van der Waals surface area contributed by atoms with Gasteiger partial charge in [0.2, 0.25) is 5.91 Å². The molecule has 3 aliphatic heterocycles. The third-order valence-corrected chi connectivity index (χ3v) is 5.31. The number of hydrogen-bond acceptors (Lipinski definition) is 3. The van der Waals surface area contributed by atoms with E-state index in [1.54, 1.807) is 6.20 Å². The zero-order valence-corrected chi connectivity index (χ0v) is 11.7. The number of nitrogens with one attached hydrogen (secondary N) is 2. The van der Waals surface area contributed by atoms with Gasteiger partial charge in [0.25, 0.3) is 0 Å². The molecule has 1 aromatic heterocycles. The van der Waals surface area contributed by atoms with Gasteiger partial charge in [-0.2, -0.15) is 5.10 Å². The first-order chi connectivity index (χ1) is 9.81. The van der Waals surface area contributed by atoms with Gasteiger partial charge in [-0.1, -0.05) is 0 Å². The number of likely N-dealkylation sites (tertiary alicyclic amines) is 1. The van der Waals surface area contributed by atoms with Gasteiger partial charge >= 0.3 is 0 Å². The molecule has 20 heavy (non-hydrogen) atoms. The van der Waals surface area contributed by atoms with Gasteiger partial charge in [0.05, 0.1) is 5.92 Å². The van der Waals surface area contributed by atoms with Gasteiger partial charge in [-0.05, 0) is 38.2 Å². The molecule has 0 aromatic carbocycles. The van der Waals surface area contributed by atoms with Crippen LogP contribution in [0.2, 0.25) is 0 Å². The number of aromatic nitrogens is 2. The highest BCUT2D eigenvalue weighted by atomic mass is 16.2. The van der Waals surface area contributed by atoms with Crippen LogP contribution in [0.25, 0.3) is 0 Å². The predicted molar refractivity (Wildman–Crippen MR) is 75.2 cm³/mol. The number of aromatic amines is 1. The monoisotopic (exact) mass is 274 g/mol. The Balaban J connectivity index is 1.44. The minimum Gasteiger partial charge on any atom is -0.342 e. The summed E-state index contributed by atoms with van der Waals surface area (Å²) in [6.07, 6.45) is 7.54. The summed E-state index contributed by atoms with van der Waals surface area (Å²) in [7, 11) is 0. The van der Waals surface area contributed by atoms with Crippen LogP contribution in [0, 0.1) is 5.92 Å². The summed E-state index contributed by atoms with van der Waals surface area (Å²) >= 11 is 0. The second-order valence-electron chi connectivity index (χ2n) is 6.53. The quantitative estimate of drug-likeness (QED) is 0.853. The highest BCUT2D eigenvalue weighted by Crippen LogP contribution is 2.35. The molecule has 0 aliphatic carbocycles. The Hall–Kier alpha value is -1.36. The molecule has 4 rings (SSSR count). The molecule has 3 saturated heterocycles. The lowest BCUT2D eigenvalue weighted by molar-refractivity contribution is -0.137. The Morgan fingerprint density at radius 1 is 1.35 bits per heavy atom. The molecule has 0 saturated carbocycles. The molecule has 5 heteroatoms. The summed E-state index contributed by atoms with van der Waals surface area (Å²) in [4.78, 5) is 14.9. The fourth-order valence-electron chi connectivity index (χ4n) is 4.26. The second-order valence-corrected chi connectivity index (χ2v) is 6.53. The van der Waals surface area contributed by atoms with E-state index >= 15 is 0 Å². The van der Waals surface area contributed by atoms with Gasteiger partial charge in [0.1, 0.15) is 0 Å². The van der Waals surface area contributed by atoms with Crippen molar-refractivity contribution in [3.05, 3.63) is 18.0 Å². The van der Waals surface area contributed by atoms with Crippen molar-refractivity contribution in [1.29, 1.82) is 0 Å². The lowest BCUT2D eigenvalue weighted by Gasteiger charge is -2.35. The molecule has 2 N–H and O–H groups in total. The van der Waals surface area contributed by atoms with Crippen molar-refractivity contribution in [3.8, 4) is 0 Å². The first-order valence-electron chi connectivity index (χ1n) is 7.85. The van der Waals surface area contributed by atoms with Crippen molar-refractivity contribution in [2.75, 3.05) is 13.1 Å². The summed E-state index contributed by atoms with van der Waals surface area (Å²) in [6, 6.07) is 3.08. The average Bonchev–Trinajstić information content (AvgIpc) is 3.23. The average molecular weight is 274 g/mol. The van der Waals surface area contributed by atoms with Crippen molar-refractivity contribution in [1.82, 2.24) is 20.4 Å². The van der Waals surface area contributed by atoms with E-state index in [2.05, 4.69) is 20.4 Å². The van der Waals surface area contributed by atoms with E-state index in [-0.39, 0.29) is 5.92 Å². The number of rotatable bonds is 2. The summed E-state index contributed by atoms with van der Waals surface area (Å²) in [5, 5.41) is 10.7. The van der Waals surface area contributed by atoms with Crippen molar-refractivity contribution in [2.45, 2.75) is 50.1 Å². The van der Waals surface area contributed by atoms with Crippen molar-refractivity contribution < 1.29 is 4.79 Å². The molecule has 0 radical (unpaired) electrons. The van der Waals surface area contributed by atoms with Crippen LogP contribution < -0.4 is 5.32 Å². The molecular weight excluding hydrogens is 252 g/mol. The van der Waals surface area contributed by atoms with Crippen LogP contribution in [0.1, 0.15) is 43.7 Å². The van der Waals surface area contributed by atoms with E-state index in [0.29, 0.717) is 23.9 Å². The smallest absolute Gasteiger partial charge is 0.227 e. The summed E-state index contributed by atoms with van der Waals surface area (Å²) < 4.78 is 0. The predicted octanol–water partition coefficient (Wildman–Crippen LogP) is 1.26. The molecule has 2 bridgehead atoms. The number of amides is 1. The zero-order valence-electron chi connectivity index (χ0n) is 11.7. The van der Waals surface area contributed by atoms with Crippen LogP contribution in [0.15, 0.2) is 12.3 Å². The molecule has 1 amide bonds. The molecule has 4 unspecified atom stereocenters. The van der Waals surface area contributed by atoms with E-state index in [9.17, 15) is 4.79 Å². The molecular formula is C15H22N4O. The Kier molecular flexibility index (Phi) is 3.02. The van der Waals surface area contributed by atoms with Crippen LogP contribution in [0.5, 0.6) is 0 Å². The summed E-state index contributed by atoms with van der Waals surface area (Å²) in [5.74, 6) is 1.05. The minimum atomic E-state index is 0.231. The van der Waals surface area contributed by atoms with Crippen LogP contribution >= 0.6 is 0 Å². The van der Waals surface area contributed by atoms with Crippen molar-refractivity contribution >= 4 is 5.91 Å². The van der Waals surface area contributed by atoms with Gasteiger partial charge in [-0.15, -0.1) is 0 Å². The number of fused-ring (bicyclic) bond motifs is 2. The third kappa shape index (κ3) is 2.04. The molecule has 4 atom stereocenters. The fraction of sp³-hybridized carbons (Fsp3) is 0.733. The van der Waals surface area contributed by atoms with E-state index < -0.39 is 0 Å². The SMILES string of the molecule is O=C(C1CC2CCC1N2)N1CCCC(c2ccn[nH]2)C1. The Labute approximate surface area is 119 Å². The molecule has 1 aromatic rings. The van der Waals surface area contributed by atoms with Gasteiger partial charge in [0.15, 0.2) is 0 Å². The zero-order chi connectivity index (χ0) is 13.5. The number of hydrogen-bond donors (Lipinski definition) is 2. The Bertz CT molecular complexity index is 486. The van der Waals surface area contributed by atoms with Crippen LogP contribution in [0.3, 0.4) is 0 Å². The number of piperidine rings is 1. The largest absolute Gasteiger partial charge is 0.342 e. The van der Waals surface area contributed by atoms with E-state index in [4.69, 9.17) is 0 Å². The third-order valence-electron chi connectivity index (χ3n) is 5.31. The van der Waals surface area contributed by atoms with E-state index in [1.165, 1.54) is 18.5 Å². The number of carbonyl (C=O) groups excluding carboxylic acids is 1. The summed E-state index contributed by atoms with van der Waals surface area (Å²) in [5.41, 5.74) is 1.17. The first-order valence-corrected chi connectivity index (χ1v) is 7.85. The highest BCUT2D eigenvalue weighted by molar-refractivity contribution is 5.80. The van der Waals surface area contributed by atoms with Gasteiger partial charge < -0.3 is 10.2 Å². The second kappa shape index (κ2) is 4.88. The maximum atomic E-state index is 12.8. The molecule has 108 valence electrons. The Morgan fingerprint density at radius 2 is 2.30 bits per heavy atom. The molecule has 3 aliphatic rings. The maximum Gasteiger partial charge on any atom is 0.227 e. The standard InChI is InChI=1S/C15H22N4O/c20-15(12-8-11-3-4-14(12)17-11)19-7-1-2-10(9-19)13-5-6-16-18-13/h5-6,10-12,14,17H,1-4,7-9H2,(H,16,18). The first kappa shape index (κ1) is 12.4. The van der Waals surface area contributed by atoms with Crippen LogP contribution in [-0.2, 0) is 4.79 Å².